The zero-order chi connectivity index (χ0) is 17.7. The highest BCUT2D eigenvalue weighted by Gasteiger charge is 2.36. The molecule has 1 atom stereocenters. The van der Waals surface area contributed by atoms with Crippen molar-refractivity contribution in [2.75, 3.05) is 20.3 Å². The molecule has 1 unspecified atom stereocenters. The highest BCUT2D eigenvalue weighted by atomic mass is 79.9. The number of nitrogens with zero attached hydrogens (tertiary/aromatic N) is 1. The van der Waals surface area contributed by atoms with Crippen molar-refractivity contribution in [1.29, 1.82) is 5.26 Å². The van der Waals surface area contributed by atoms with Crippen LogP contribution < -0.4 is 5.73 Å². The van der Waals surface area contributed by atoms with Crippen LogP contribution in [0.15, 0.2) is 51.5 Å². The van der Waals surface area contributed by atoms with Crippen LogP contribution in [0.4, 0.5) is 0 Å². The molecule has 2 rings (SSSR count). The summed E-state index contributed by atoms with van der Waals surface area (Å²) in [6.07, 6.45) is 0. The fraction of sp³-hybridized carbons (Fsp3) is 0.294. The van der Waals surface area contributed by atoms with Gasteiger partial charge in [-0.05, 0) is 24.6 Å². The number of esters is 1. The van der Waals surface area contributed by atoms with E-state index in [1.807, 2.05) is 30.3 Å². The molecular weight excluding hydrogens is 376 g/mol. The number of allylic oxidation sites excluding steroid dienone is 2. The molecule has 1 heterocycles. The first-order valence-corrected chi connectivity index (χ1v) is 7.98. The smallest absolute Gasteiger partial charge is 0.338 e. The highest BCUT2D eigenvalue weighted by Crippen LogP contribution is 2.40. The quantitative estimate of drug-likeness (QED) is 0.611. The minimum Gasteiger partial charge on any atom is -0.460 e. The molecule has 7 heteroatoms. The van der Waals surface area contributed by atoms with E-state index in [2.05, 4.69) is 15.9 Å². The molecule has 126 valence electrons. The Balaban J connectivity index is 2.47. The van der Waals surface area contributed by atoms with Gasteiger partial charge in [-0.3, -0.25) is 0 Å². The van der Waals surface area contributed by atoms with Crippen LogP contribution in [0.5, 0.6) is 0 Å². The molecular formula is C17H17BrN2O4. The van der Waals surface area contributed by atoms with E-state index in [0.717, 1.165) is 10.0 Å². The van der Waals surface area contributed by atoms with Gasteiger partial charge < -0.3 is 19.9 Å². The van der Waals surface area contributed by atoms with Crippen molar-refractivity contribution in [1.82, 2.24) is 0 Å². The number of methoxy groups -OCH3 is 1. The van der Waals surface area contributed by atoms with Gasteiger partial charge in [-0.15, -0.1) is 0 Å². The Kier molecular flexibility index (Phi) is 6.01. The molecule has 1 aliphatic heterocycles. The van der Waals surface area contributed by atoms with E-state index in [0.29, 0.717) is 5.76 Å². The Morgan fingerprint density at radius 2 is 2.21 bits per heavy atom. The van der Waals surface area contributed by atoms with Gasteiger partial charge in [0, 0.05) is 11.6 Å². The number of rotatable bonds is 5. The molecule has 1 aromatic carbocycles. The lowest BCUT2D eigenvalue weighted by Gasteiger charge is -2.27. The molecule has 1 aromatic rings. The third kappa shape index (κ3) is 3.78. The van der Waals surface area contributed by atoms with Crippen molar-refractivity contribution in [3.8, 4) is 6.07 Å². The predicted molar refractivity (Wildman–Crippen MR) is 90.3 cm³/mol. The van der Waals surface area contributed by atoms with Crippen molar-refractivity contribution < 1.29 is 19.0 Å². The minimum atomic E-state index is -0.642. The van der Waals surface area contributed by atoms with Crippen LogP contribution in [-0.4, -0.2) is 26.3 Å². The second-order valence-corrected chi connectivity index (χ2v) is 5.99. The van der Waals surface area contributed by atoms with Gasteiger partial charge >= 0.3 is 5.97 Å². The standard InChI is InChI=1S/C17H17BrN2O4/c1-10-14(17(21)23-7-6-22-2)15(13(9-19)16(20)24-10)11-4-3-5-12(18)8-11/h3-5,8,15H,6-7,20H2,1-2H3. The van der Waals surface area contributed by atoms with Gasteiger partial charge in [0.1, 0.15) is 24.0 Å². The molecule has 0 radical (unpaired) electrons. The van der Waals surface area contributed by atoms with Crippen molar-refractivity contribution >= 4 is 21.9 Å². The van der Waals surface area contributed by atoms with Crippen LogP contribution in [0.3, 0.4) is 0 Å². The number of nitriles is 1. The van der Waals surface area contributed by atoms with Crippen molar-refractivity contribution in [2.45, 2.75) is 12.8 Å². The SMILES string of the molecule is COCCOC(=O)C1=C(C)OC(N)=C(C#N)C1c1cccc(Br)c1. The van der Waals surface area contributed by atoms with Gasteiger partial charge in [0.25, 0.3) is 0 Å². The number of carbonyl (C=O) groups excluding carboxylic acids is 1. The molecule has 0 aromatic heterocycles. The van der Waals surface area contributed by atoms with Gasteiger partial charge in [0.2, 0.25) is 5.88 Å². The normalized spacial score (nSPS) is 17.3. The third-order valence-electron chi connectivity index (χ3n) is 3.53. The average molecular weight is 393 g/mol. The fourth-order valence-corrected chi connectivity index (χ4v) is 2.88. The van der Waals surface area contributed by atoms with Crippen LogP contribution in [-0.2, 0) is 19.0 Å². The second kappa shape index (κ2) is 7.99. The summed E-state index contributed by atoms with van der Waals surface area (Å²) >= 11 is 3.40. The maximum atomic E-state index is 12.5. The lowest BCUT2D eigenvalue weighted by atomic mass is 9.83. The Morgan fingerprint density at radius 1 is 1.46 bits per heavy atom. The Labute approximate surface area is 148 Å². The number of hydrogen-bond acceptors (Lipinski definition) is 6. The van der Waals surface area contributed by atoms with Gasteiger partial charge in [-0.1, -0.05) is 28.1 Å². The van der Waals surface area contributed by atoms with E-state index in [9.17, 15) is 10.1 Å². The van der Waals surface area contributed by atoms with Crippen LogP contribution in [0, 0.1) is 11.3 Å². The number of nitrogens with two attached hydrogens (primary N) is 1. The summed E-state index contributed by atoms with van der Waals surface area (Å²) in [4.78, 5) is 12.5. The number of carbonyl (C=O) groups is 1. The second-order valence-electron chi connectivity index (χ2n) is 5.08. The fourth-order valence-electron chi connectivity index (χ4n) is 2.46. The molecule has 6 nitrogen and oxygen atoms in total. The number of benzene rings is 1. The Morgan fingerprint density at radius 3 is 2.83 bits per heavy atom. The molecule has 24 heavy (non-hydrogen) atoms. The summed E-state index contributed by atoms with van der Waals surface area (Å²) in [7, 11) is 1.52. The largest absolute Gasteiger partial charge is 0.460 e. The molecule has 0 saturated heterocycles. The van der Waals surface area contributed by atoms with E-state index in [1.165, 1.54) is 7.11 Å². The minimum absolute atomic E-state index is 0.00610. The van der Waals surface area contributed by atoms with E-state index in [-0.39, 0.29) is 30.2 Å². The molecule has 0 spiro atoms. The Bertz CT molecular complexity index is 749. The molecule has 0 amide bonds. The summed E-state index contributed by atoms with van der Waals surface area (Å²) in [6.45, 7) is 2.01. The summed E-state index contributed by atoms with van der Waals surface area (Å²) in [5, 5.41) is 9.49. The maximum Gasteiger partial charge on any atom is 0.338 e. The zero-order valence-corrected chi connectivity index (χ0v) is 14.9. The summed E-state index contributed by atoms with van der Waals surface area (Å²) < 4.78 is 16.3. The first-order valence-electron chi connectivity index (χ1n) is 7.19. The lowest BCUT2D eigenvalue weighted by Crippen LogP contribution is -2.26. The molecule has 0 fully saturated rings. The third-order valence-corrected chi connectivity index (χ3v) is 4.02. The first-order chi connectivity index (χ1) is 11.5. The first kappa shape index (κ1) is 18.0. The molecule has 0 aliphatic carbocycles. The molecule has 2 N–H and O–H groups in total. The zero-order valence-electron chi connectivity index (χ0n) is 13.3. The van der Waals surface area contributed by atoms with Crippen LogP contribution in [0.1, 0.15) is 18.4 Å². The monoisotopic (exact) mass is 392 g/mol. The van der Waals surface area contributed by atoms with E-state index < -0.39 is 11.9 Å². The van der Waals surface area contributed by atoms with Crippen molar-refractivity contribution in [3.05, 3.63) is 57.1 Å². The Hall–Kier alpha value is -2.30. The van der Waals surface area contributed by atoms with Gasteiger partial charge in [0.05, 0.1) is 18.1 Å². The van der Waals surface area contributed by atoms with E-state index >= 15 is 0 Å². The number of hydrogen-bond donors (Lipinski definition) is 1. The van der Waals surface area contributed by atoms with Crippen LogP contribution >= 0.6 is 15.9 Å². The lowest BCUT2D eigenvalue weighted by molar-refractivity contribution is -0.140. The van der Waals surface area contributed by atoms with E-state index in [1.54, 1.807) is 6.92 Å². The van der Waals surface area contributed by atoms with Gasteiger partial charge in [0.15, 0.2) is 0 Å². The predicted octanol–water partition coefficient (Wildman–Crippen LogP) is 2.72. The molecule has 0 bridgehead atoms. The topological polar surface area (TPSA) is 94.6 Å². The summed E-state index contributed by atoms with van der Waals surface area (Å²) in [6, 6.07) is 9.37. The van der Waals surface area contributed by atoms with Crippen molar-refractivity contribution in [2.24, 2.45) is 5.73 Å². The number of ether oxygens (including phenoxy) is 3. The highest BCUT2D eigenvalue weighted by molar-refractivity contribution is 9.10. The molecule has 1 aliphatic rings. The van der Waals surface area contributed by atoms with Crippen LogP contribution in [0.2, 0.25) is 0 Å². The molecule has 0 saturated carbocycles. The van der Waals surface area contributed by atoms with Crippen LogP contribution in [0.25, 0.3) is 0 Å². The van der Waals surface area contributed by atoms with E-state index in [4.69, 9.17) is 19.9 Å². The maximum absolute atomic E-state index is 12.5. The average Bonchev–Trinajstić information content (AvgIpc) is 2.54. The summed E-state index contributed by atoms with van der Waals surface area (Å²) in [5.74, 6) is -0.890. The van der Waals surface area contributed by atoms with Crippen molar-refractivity contribution in [3.63, 3.8) is 0 Å². The van der Waals surface area contributed by atoms with Gasteiger partial charge in [-0.2, -0.15) is 5.26 Å². The number of halogens is 1. The summed E-state index contributed by atoms with van der Waals surface area (Å²) in [5.41, 5.74) is 7.02. The van der Waals surface area contributed by atoms with Gasteiger partial charge in [-0.25, -0.2) is 4.79 Å².